The van der Waals surface area contributed by atoms with E-state index in [-0.39, 0.29) is 0 Å². The quantitative estimate of drug-likeness (QED) is 0.588. The summed E-state index contributed by atoms with van der Waals surface area (Å²) in [7, 11) is 3.54. The Morgan fingerprint density at radius 2 is 2.00 bits per heavy atom. The topological polar surface area (TPSA) is 77.8 Å². The molecule has 3 aromatic heterocycles. The number of nitrogens with one attached hydrogen (secondary N) is 1. The van der Waals surface area contributed by atoms with Crippen LogP contribution in [0.4, 0.5) is 5.82 Å². The SMILES string of the molecule is COc1cc(-c2ccc(C)cn2)cc2c(NCc3ccn(C)n3)ncnc12. The smallest absolute Gasteiger partial charge is 0.145 e. The van der Waals surface area contributed by atoms with Gasteiger partial charge in [0.25, 0.3) is 0 Å². The molecule has 27 heavy (non-hydrogen) atoms. The zero-order valence-corrected chi connectivity index (χ0v) is 15.5. The van der Waals surface area contributed by atoms with E-state index in [0.29, 0.717) is 12.3 Å². The van der Waals surface area contributed by atoms with E-state index in [1.807, 2.05) is 56.7 Å². The van der Waals surface area contributed by atoms with Gasteiger partial charge in [0.15, 0.2) is 0 Å². The first kappa shape index (κ1) is 17.0. The number of aryl methyl sites for hydroxylation is 2. The summed E-state index contributed by atoms with van der Waals surface area (Å²) >= 11 is 0. The molecule has 0 atom stereocenters. The zero-order valence-electron chi connectivity index (χ0n) is 15.5. The van der Waals surface area contributed by atoms with Crippen LogP contribution in [0.25, 0.3) is 22.2 Å². The highest BCUT2D eigenvalue weighted by Crippen LogP contribution is 2.33. The lowest BCUT2D eigenvalue weighted by Crippen LogP contribution is -2.04. The Kier molecular flexibility index (Phi) is 4.42. The Labute approximate surface area is 157 Å². The van der Waals surface area contributed by atoms with Gasteiger partial charge >= 0.3 is 0 Å². The number of rotatable bonds is 5. The van der Waals surface area contributed by atoms with Crippen LogP contribution in [0.1, 0.15) is 11.3 Å². The number of hydrogen-bond acceptors (Lipinski definition) is 6. The molecular weight excluding hydrogens is 340 g/mol. The number of benzene rings is 1. The Bertz CT molecular complexity index is 1090. The summed E-state index contributed by atoms with van der Waals surface area (Å²) < 4.78 is 7.35. The second-order valence-corrected chi connectivity index (χ2v) is 6.35. The summed E-state index contributed by atoms with van der Waals surface area (Å²) in [4.78, 5) is 13.4. The van der Waals surface area contributed by atoms with Gasteiger partial charge in [-0.05, 0) is 36.8 Å². The van der Waals surface area contributed by atoms with E-state index in [9.17, 15) is 0 Å². The van der Waals surface area contributed by atoms with Crippen LogP contribution in [-0.2, 0) is 13.6 Å². The Morgan fingerprint density at radius 1 is 1.11 bits per heavy atom. The van der Waals surface area contributed by atoms with E-state index in [1.54, 1.807) is 11.8 Å². The normalized spacial score (nSPS) is 10.9. The zero-order chi connectivity index (χ0) is 18.8. The fourth-order valence-corrected chi connectivity index (χ4v) is 2.95. The summed E-state index contributed by atoms with van der Waals surface area (Å²) in [6.45, 7) is 2.59. The number of fused-ring (bicyclic) bond motifs is 1. The standard InChI is InChI=1S/C20H20N6O/c1-13-4-5-17(21-10-13)14-8-16-19(18(9-14)27-3)23-12-24-20(16)22-11-15-6-7-26(2)25-15/h4-10,12H,11H2,1-3H3,(H,22,23,24). The van der Waals surface area contributed by atoms with Gasteiger partial charge in [-0.1, -0.05) is 6.07 Å². The predicted molar refractivity (Wildman–Crippen MR) is 105 cm³/mol. The number of nitrogens with zero attached hydrogens (tertiary/aromatic N) is 5. The lowest BCUT2D eigenvalue weighted by atomic mass is 10.1. The number of methoxy groups -OCH3 is 1. The van der Waals surface area contributed by atoms with Crippen molar-refractivity contribution in [3.8, 4) is 17.0 Å². The largest absolute Gasteiger partial charge is 0.494 e. The monoisotopic (exact) mass is 360 g/mol. The van der Waals surface area contributed by atoms with E-state index >= 15 is 0 Å². The average molecular weight is 360 g/mol. The molecule has 136 valence electrons. The van der Waals surface area contributed by atoms with Crippen molar-refractivity contribution in [1.82, 2.24) is 24.7 Å². The van der Waals surface area contributed by atoms with E-state index in [4.69, 9.17) is 4.74 Å². The molecule has 3 heterocycles. The van der Waals surface area contributed by atoms with Crippen molar-refractivity contribution in [3.63, 3.8) is 0 Å². The van der Waals surface area contributed by atoms with E-state index in [1.165, 1.54) is 6.33 Å². The van der Waals surface area contributed by atoms with Gasteiger partial charge in [-0.25, -0.2) is 9.97 Å². The molecule has 0 amide bonds. The van der Waals surface area contributed by atoms with Crippen molar-refractivity contribution in [2.24, 2.45) is 7.05 Å². The second kappa shape index (κ2) is 7.03. The first-order chi connectivity index (χ1) is 13.1. The van der Waals surface area contributed by atoms with Crippen LogP contribution in [0, 0.1) is 6.92 Å². The molecule has 1 aromatic carbocycles. The fourth-order valence-electron chi connectivity index (χ4n) is 2.95. The minimum atomic E-state index is 0.572. The van der Waals surface area contributed by atoms with Crippen LogP contribution in [-0.4, -0.2) is 31.8 Å². The van der Waals surface area contributed by atoms with Crippen molar-refractivity contribution in [3.05, 3.63) is 60.3 Å². The minimum Gasteiger partial charge on any atom is -0.494 e. The van der Waals surface area contributed by atoms with Gasteiger partial charge in [-0.15, -0.1) is 0 Å². The maximum absolute atomic E-state index is 5.57. The molecule has 0 saturated carbocycles. The van der Waals surface area contributed by atoms with Gasteiger partial charge in [0.05, 0.1) is 25.0 Å². The third kappa shape index (κ3) is 3.44. The Morgan fingerprint density at radius 3 is 2.70 bits per heavy atom. The van der Waals surface area contributed by atoms with E-state index < -0.39 is 0 Å². The van der Waals surface area contributed by atoms with Crippen molar-refractivity contribution < 1.29 is 4.74 Å². The van der Waals surface area contributed by atoms with Crippen LogP contribution >= 0.6 is 0 Å². The summed E-state index contributed by atoms with van der Waals surface area (Å²) in [5.74, 6) is 1.42. The van der Waals surface area contributed by atoms with Gasteiger partial charge < -0.3 is 10.1 Å². The molecule has 0 fully saturated rings. The summed E-state index contributed by atoms with van der Waals surface area (Å²) in [5, 5.41) is 8.62. The van der Waals surface area contributed by atoms with Crippen LogP contribution in [0.15, 0.2) is 49.1 Å². The number of pyridine rings is 1. The number of aromatic nitrogens is 5. The molecule has 0 spiro atoms. The van der Waals surface area contributed by atoms with Gasteiger partial charge in [-0.2, -0.15) is 5.10 Å². The Hall–Kier alpha value is -3.48. The van der Waals surface area contributed by atoms with Gasteiger partial charge in [0, 0.05) is 30.4 Å². The summed E-state index contributed by atoms with van der Waals surface area (Å²) in [6, 6.07) is 10.0. The van der Waals surface area contributed by atoms with E-state index in [2.05, 4.69) is 25.4 Å². The molecule has 4 aromatic rings. The van der Waals surface area contributed by atoms with Crippen molar-refractivity contribution >= 4 is 16.7 Å². The number of hydrogen-bond donors (Lipinski definition) is 1. The highest BCUT2D eigenvalue weighted by Gasteiger charge is 2.13. The third-order valence-electron chi connectivity index (χ3n) is 4.34. The second-order valence-electron chi connectivity index (χ2n) is 6.35. The lowest BCUT2D eigenvalue weighted by Gasteiger charge is -2.12. The number of anilines is 1. The number of ether oxygens (including phenoxy) is 1. The molecule has 0 radical (unpaired) electrons. The van der Waals surface area contributed by atoms with E-state index in [0.717, 1.165) is 39.2 Å². The molecule has 0 saturated heterocycles. The molecule has 4 rings (SSSR count). The van der Waals surface area contributed by atoms with Crippen molar-refractivity contribution in [2.75, 3.05) is 12.4 Å². The molecule has 0 bridgehead atoms. The van der Waals surface area contributed by atoms with Gasteiger partial charge in [0.2, 0.25) is 0 Å². The van der Waals surface area contributed by atoms with Crippen molar-refractivity contribution in [2.45, 2.75) is 13.5 Å². The predicted octanol–water partition coefficient (Wildman–Crippen LogP) is 3.35. The first-order valence-electron chi connectivity index (χ1n) is 8.62. The average Bonchev–Trinajstić information content (AvgIpc) is 3.11. The molecule has 0 unspecified atom stereocenters. The fraction of sp³-hybridized carbons (Fsp3) is 0.200. The molecule has 0 aliphatic carbocycles. The molecule has 0 aliphatic rings. The maximum atomic E-state index is 5.57. The highest BCUT2D eigenvalue weighted by atomic mass is 16.5. The Balaban J connectivity index is 1.77. The highest BCUT2D eigenvalue weighted by molar-refractivity contribution is 5.96. The summed E-state index contributed by atoms with van der Waals surface area (Å²) in [5.41, 5.74) is 4.64. The molecule has 7 heteroatoms. The van der Waals surface area contributed by atoms with Crippen LogP contribution in [0.2, 0.25) is 0 Å². The van der Waals surface area contributed by atoms with Crippen molar-refractivity contribution in [1.29, 1.82) is 0 Å². The van der Waals surface area contributed by atoms with Crippen LogP contribution in [0.3, 0.4) is 0 Å². The first-order valence-corrected chi connectivity index (χ1v) is 8.62. The third-order valence-corrected chi connectivity index (χ3v) is 4.34. The minimum absolute atomic E-state index is 0.572. The van der Waals surface area contributed by atoms with Crippen LogP contribution < -0.4 is 10.1 Å². The molecule has 1 N–H and O–H groups in total. The van der Waals surface area contributed by atoms with Crippen LogP contribution in [0.5, 0.6) is 5.75 Å². The molecule has 0 aliphatic heterocycles. The molecular formula is C20H20N6O. The summed E-state index contributed by atoms with van der Waals surface area (Å²) in [6.07, 6.45) is 5.31. The van der Waals surface area contributed by atoms with Gasteiger partial charge in [-0.3, -0.25) is 9.67 Å². The van der Waals surface area contributed by atoms with Gasteiger partial charge in [0.1, 0.15) is 23.4 Å². The molecule has 7 nitrogen and oxygen atoms in total. The lowest BCUT2D eigenvalue weighted by molar-refractivity contribution is 0.419. The maximum Gasteiger partial charge on any atom is 0.145 e.